The van der Waals surface area contributed by atoms with Crippen LogP contribution in [0.2, 0.25) is 0 Å². The molecule has 2 atom stereocenters. The maximum absolute atomic E-state index is 12.5. The average molecular weight is 303 g/mol. The van der Waals surface area contributed by atoms with Crippen LogP contribution in [-0.4, -0.2) is 44.8 Å². The molecule has 1 fully saturated rings. The van der Waals surface area contributed by atoms with Crippen molar-refractivity contribution in [3.63, 3.8) is 0 Å². The normalized spacial score (nSPS) is 21.9. The Morgan fingerprint density at radius 2 is 2.27 bits per heavy atom. The lowest BCUT2D eigenvalue weighted by molar-refractivity contribution is -0.900. The minimum Gasteiger partial charge on any atom is -0.372 e. The summed E-state index contributed by atoms with van der Waals surface area (Å²) in [6.45, 7) is 6.95. The van der Waals surface area contributed by atoms with Gasteiger partial charge in [0.05, 0.1) is 19.5 Å². The van der Waals surface area contributed by atoms with Gasteiger partial charge in [0.1, 0.15) is 12.6 Å². The predicted octanol–water partition coefficient (Wildman–Crippen LogP) is 1.05. The Hall–Kier alpha value is -1.39. The van der Waals surface area contributed by atoms with Crippen molar-refractivity contribution in [2.24, 2.45) is 0 Å². The van der Waals surface area contributed by atoms with E-state index in [0.717, 1.165) is 44.9 Å². The number of nitrogens with one attached hydrogen (secondary N) is 1. The molecule has 4 heteroatoms. The number of nitrogens with zero attached hydrogens (tertiary/aromatic N) is 1. The molecule has 120 valence electrons. The Morgan fingerprint density at radius 1 is 1.41 bits per heavy atom. The smallest absolute Gasteiger partial charge is 0.232 e. The summed E-state index contributed by atoms with van der Waals surface area (Å²) >= 11 is 0. The van der Waals surface area contributed by atoms with Crippen molar-refractivity contribution < 1.29 is 14.4 Å². The van der Waals surface area contributed by atoms with Crippen molar-refractivity contribution >= 4 is 11.6 Å². The monoisotopic (exact) mass is 303 g/mol. The van der Waals surface area contributed by atoms with Gasteiger partial charge in [-0.2, -0.15) is 0 Å². The first-order valence-corrected chi connectivity index (χ1v) is 8.61. The van der Waals surface area contributed by atoms with Gasteiger partial charge in [-0.25, -0.2) is 0 Å². The first kappa shape index (κ1) is 15.5. The Morgan fingerprint density at radius 3 is 3.05 bits per heavy atom. The van der Waals surface area contributed by atoms with Crippen LogP contribution in [0.4, 0.5) is 5.69 Å². The zero-order valence-electron chi connectivity index (χ0n) is 13.5. The summed E-state index contributed by atoms with van der Waals surface area (Å²) in [5.74, 6) is 0.267. The highest BCUT2D eigenvalue weighted by Gasteiger charge is 2.26. The molecule has 1 aromatic carbocycles. The minimum atomic E-state index is 0.267. The molecule has 0 saturated carbocycles. The molecule has 1 aromatic rings. The molecule has 2 aliphatic heterocycles. The standard InChI is InChI=1S/C18H26N2O2/c1-2-19(14-16-7-5-13-22-16)11-10-18(21)20-12-9-15-6-3-4-8-17(15)20/h3-4,6,8,16H,2,5,7,9-14H2,1H3/p+1. The first-order valence-electron chi connectivity index (χ1n) is 8.61. The van der Waals surface area contributed by atoms with Crippen molar-refractivity contribution in [2.45, 2.75) is 38.7 Å². The van der Waals surface area contributed by atoms with Crippen LogP contribution in [0.3, 0.4) is 0 Å². The highest BCUT2D eigenvalue weighted by molar-refractivity contribution is 5.95. The number of rotatable bonds is 6. The molecule has 0 aliphatic carbocycles. The average Bonchev–Trinajstić information content (AvgIpc) is 3.20. The number of carbonyl (C=O) groups is 1. The van der Waals surface area contributed by atoms with E-state index in [1.165, 1.54) is 23.3 Å². The number of hydrogen-bond donors (Lipinski definition) is 1. The van der Waals surface area contributed by atoms with E-state index in [9.17, 15) is 4.79 Å². The molecule has 22 heavy (non-hydrogen) atoms. The van der Waals surface area contributed by atoms with E-state index in [0.29, 0.717) is 12.5 Å². The van der Waals surface area contributed by atoms with Crippen LogP contribution in [-0.2, 0) is 16.0 Å². The summed E-state index contributed by atoms with van der Waals surface area (Å²) in [5, 5.41) is 0. The largest absolute Gasteiger partial charge is 0.372 e. The number of hydrogen-bond acceptors (Lipinski definition) is 2. The van der Waals surface area contributed by atoms with Gasteiger partial charge in [-0.1, -0.05) is 18.2 Å². The molecule has 0 bridgehead atoms. The molecular weight excluding hydrogens is 276 g/mol. The summed E-state index contributed by atoms with van der Waals surface area (Å²) in [7, 11) is 0. The second-order valence-corrected chi connectivity index (χ2v) is 6.37. The van der Waals surface area contributed by atoms with Gasteiger partial charge in [-0.3, -0.25) is 4.79 Å². The van der Waals surface area contributed by atoms with Crippen molar-refractivity contribution in [2.75, 3.05) is 37.7 Å². The third-order valence-corrected chi connectivity index (χ3v) is 4.92. The van der Waals surface area contributed by atoms with Crippen molar-refractivity contribution in [3.05, 3.63) is 29.8 Å². The zero-order valence-corrected chi connectivity index (χ0v) is 13.5. The van der Waals surface area contributed by atoms with Gasteiger partial charge in [-0.05, 0) is 37.8 Å². The lowest BCUT2D eigenvalue weighted by atomic mass is 10.2. The molecule has 4 nitrogen and oxygen atoms in total. The van der Waals surface area contributed by atoms with E-state index in [4.69, 9.17) is 4.74 Å². The molecule has 2 heterocycles. The van der Waals surface area contributed by atoms with E-state index >= 15 is 0 Å². The number of amides is 1. The molecule has 0 aromatic heterocycles. The number of carbonyl (C=O) groups excluding carboxylic acids is 1. The third kappa shape index (κ3) is 3.50. The van der Waals surface area contributed by atoms with Crippen LogP contribution in [0.25, 0.3) is 0 Å². The molecule has 1 saturated heterocycles. The highest BCUT2D eigenvalue weighted by atomic mass is 16.5. The molecule has 0 radical (unpaired) electrons. The maximum Gasteiger partial charge on any atom is 0.232 e. The lowest BCUT2D eigenvalue weighted by Crippen LogP contribution is -3.13. The summed E-state index contributed by atoms with van der Waals surface area (Å²) < 4.78 is 5.72. The maximum atomic E-state index is 12.5. The number of para-hydroxylation sites is 1. The van der Waals surface area contributed by atoms with Gasteiger partial charge in [0, 0.05) is 18.8 Å². The molecule has 1 amide bonds. The van der Waals surface area contributed by atoms with Crippen LogP contribution in [0, 0.1) is 0 Å². The quantitative estimate of drug-likeness (QED) is 0.852. The Bertz CT molecular complexity index is 512. The van der Waals surface area contributed by atoms with Crippen molar-refractivity contribution in [1.29, 1.82) is 0 Å². The van der Waals surface area contributed by atoms with E-state index in [1.807, 2.05) is 11.0 Å². The fourth-order valence-electron chi connectivity index (χ4n) is 3.57. The molecule has 0 spiro atoms. The Kier molecular flexibility index (Phi) is 5.11. The summed E-state index contributed by atoms with van der Waals surface area (Å²) in [5.41, 5.74) is 2.42. The number of anilines is 1. The summed E-state index contributed by atoms with van der Waals surface area (Å²) in [6.07, 6.45) is 4.38. The van der Waals surface area contributed by atoms with Crippen LogP contribution in [0.1, 0.15) is 31.7 Å². The van der Waals surface area contributed by atoms with Crippen LogP contribution < -0.4 is 9.80 Å². The van der Waals surface area contributed by atoms with Gasteiger partial charge in [0.15, 0.2) is 0 Å². The fraction of sp³-hybridized carbons (Fsp3) is 0.611. The molecule has 3 rings (SSSR count). The van der Waals surface area contributed by atoms with E-state index < -0.39 is 0 Å². The Balaban J connectivity index is 1.51. The third-order valence-electron chi connectivity index (χ3n) is 4.92. The van der Waals surface area contributed by atoms with Crippen LogP contribution in [0.5, 0.6) is 0 Å². The number of fused-ring (bicyclic) bond motifs is 1. The molecule has 2 unspecified atom stereocenters. The number of quaternary nitrogens is 1. The fourth-order valence-corrected chi connectivity index (χ4v) is 3.57. The summed E-state index contributed by atoms with van der Waals surface area (Å²) in [4.78, 5) is 16.0. The molecular formula is C18H27N2O2+. The number of likely N-dealkylation sites (N-methyl/N-ethyl adjacent to an activating group) is 1. The van der Waals surface area contributed by atoms with Crippen molar-refractivity contribution in [3.8, 4) is 0 Å². The van der Waals surface area contributed by atoms with Gasteiger partial charge in [-0.15, -0.1) is 0 Å². The SMILES string of the molecule is CC[NH+](CCC(=O)N1CCc2ccccc21)CC1CCCO1. The van der Waals surface area contributed by atoms with Crippen molar-refractivity contribution in [1.82, 2.24) is 0 Å². The first-order chi connectivity index (χ1) is 10.8. The van der Waals surface area contributed by atoms with E-state index in [-0.39, 0.29) is 5.91 Å². The second kappa shape index (κ2) is 7.25. The molecule has 1 N–H and O–H groups in total. The predicted molar refractivity (Wildman–Crippen MR) is 87.3 cm³/mol. The van der Waals surface area contributed by atoms with Crippen LogP contribution in [0.15, 0.2) is 24.3 Å². The highest BCUT2D eigenvalue weighted by Crippen LogP contribution is 2.27. The molecule has 2 aliphatic rings. The van der Waals surface area contributed by atoms with Gasteiger partial charge in [0.25, 0.3) is 0 Å². The van der Waals surface area contributed by atoms with Gasteiger partial charge >= 0.3 is 0 Å². The lowest BCUT2D eigenvalue weighted by Gasteiger charge is -2.22. The zero-order chi connectivity index (χ0) is 15.4. The van der Waals surface area contributed by atoms with E-state index in [2.05, 4.69) is 25.1 Å². The number of benzene rings is 1. The number of ether oxygens (including phenoxy) is 1. The van der Waals surface area contributed by atoms with Crippen LogP contribution >= 0.6 is 0 Å². The topological polar surface area (TPSA) is 34.0 Å². The van der Waals surface area contributed by atoms with Gasteiger partial charge in [0.2, 0.25) is 5.91 Å². The minimum absolute atomic E-state index is 0.267. The van der Waals surface area contributed by atoms with Gasteiger partial charge < -0.3 is 14.5 Å². The summed E-state index contributed by atoms with van der Waals surface area (Å²) in [6, 6.07) is 8.27. The second-order valence-electron chi connectivity index (χ2n) is 6.37. The van der Waals surface area contributed by atoms with E-state index in [1.54, 1.807) is 0 Å². The Labute approximate surface area is 133 Å².